The third-order valence-corrected chi connectivity index (χ3v) is 2.55. The normalized spacial score (nSPS) is 18.1. The summed E-state index contributed by atoms with van der Waals surface area (Å²) in [5.74, 6) is 0.146. The van der Waals surface area contributed by atoms with Crippen molar-refractivity contribution >= 4 is 11.9 Å². The molecular formula is C11H9NO2. The van der Waals surface area contributed by atoms with Gasteiger partial charge in [-0.25, -0.2) is 4.79 Å². The van der Waals surface area contributed by atoms with Gasteiger partial charge < -0.3 is 0 Å². The fraction of sp³-hybridized carbons (Fsp3) is 0.273. The van der Waals surface area contributed by atoms with Crippen molar-refractivity contribution in [2.45, 2.75) is 18.4 Å². The number of carbonyl (C=O) groups is 1. The molecule has 0 spiro atoms. The number of isocyanates is 1. The molecule has 70 valence electrons. The molecule has 1 aliphatic carbocycles. The van der Waals surface area contributed by atoms with Crippen molar-refractivity contribution < 1.29 is 9.59 Å². The lowest BCUT2D eigenvalue weighted by atomic mass is 9.71. The van der Waals surface area contributed by atoms with E-state index in [9.17, 15) is 9.59 Å². The van der Waals surface area contributed by atoms with E-state index in [1.165, 1.54) is 0 Å². The van der Waals surface area contributed by atoms with Gasteiger partial charge in [-0.2, -0.15) is 4.99 Å². The number of nitrogens with zero attached hydrogens (tertiary/aromatic N) is 1. The van der Waals surface area contributed by atoms with Crippen LogP contribution in [0.2, 0.25) is 0 Å². The highest BCUT2D eigenvalue weighted by Crippen LogP contribution is 2.41. The van der Waals surface area contributed by atoms with Crippen LogP contribution in [0.3, 0.4) is 0 Å². The number of Topliss-reactive ketones (excluding diaryl/α,β-unsaturated/α-hetero) is 1. The average Bonchev–Trinajstić information content (AvgIpc) is 2.17. The summed E-state index contributed by atoms with van der Waals surface area (Å²) in [5.41, 5.74) is 0.308. The highest BCUT2D eigenvalue weighted by Gasteiger charge is 2.45. The molecule has 0 unspecified atom stereocenters. The van der Waals surface area contributed by atoms with Crippen molar-refractivity contribution in [2.24, 2.45) is 4.99 Å². The maximum Gasteiger partial charge on any atom is 0.235 e. The quantitative estimate of drug-likeness (QED) is 0.521. The van der Waals surface area contributed by atoms with E-state index >= 15 is 0 Å². The van der Waals surface area contributed by atoms with E-state index in [4.69, 9.17) is 0 Å². The van der Waals surface area contributed by atoms with Gasteiger partial charge in [0.05, 0.1) is 0 Å². The molecule has 0 heterocycles. The first-order valence-corrected chi connectivity index (χ1v) is 4.43. The van der Waals surface area contributed by atoms with E-state index in [2.05, 4.69) is 4.99 Å². The Balaban J connectivity index is 2.38. The number of ketones is 1. The second-order valence-corrected chi connectivity index (χ2v) is 3.49. The molecule has 1 fully saturated rings. The second kappa shape index (κ2) is 3.20. The first-order chi connectivity index (χ1) is 6.77. The molecule has 2 rings (SSSR count). The van der Waals surface area contributed by atoms with Gasteiger partial charge in [0.1, 0.15) is 11.3 Å². The highest BCUT2D eigenvalue weighted by molar-refractivity contribution is 5.88. The summed E-state index contributed by atoms with van der Waals surface area (Å²) >= 11 is 0. The molecule has 1 saturated carbocycles. The molecule has 0 bridgehead atoms. The lowest BCUT2D eigenvalue weighted by molar-refractivity contribution is -0.128. The summed E-state index contributed by atoms with van der Waals surface area (Å²) in [6.07, 6.45) is 2.20. The van der Waals surface area contributed by atoms with Crippen molar-refractivity contribution in [1.29, 1.82) is 0 Å². The number of hydrogen-bond donors (Lipinski definition) is 0. The smallest absolute Gasteiger partial charge is 0.235 e. The van der Waals surface area contributed by atoms with Crippen molar-refractivity contribution in [3.8, 4) is 0 Å². The van der Waals surface area contributed by atoms with E-state index in [-0.39, 0.29) is 5.78 Å². The summed E-state index contributed by atoms with van der Waals surface area (Å²) in [6, 6.07) is 9.41. The van der Waals surface area contributed by atoms with Crippen LogP contribution in [0.4, 0.5) is 0 Å². The standard InChI is InChI=1S/C11H9NO2/c13-8-12-11(6-10(14)7-11)9-4-2-1-3-5-9/h1-5H,6-7H2. The third-order valence-electron chi connectivity index (χ3n) is 2.55. The van der Waals surface area contributed by atoms with Gasteiger partial charge in [-0.3, -0.25) is 4.79 Å². The fourth-order valence-corrected chi connectivity index (χ4v) is 1.78. The SMILES string of the molecule is O=C=NC1(c2ccccc2)CC(=O)C1. The molecule has 0 aliphatic heterocycles. The van der Waals surface area contributed by atoms with Gasteiger partial charge in [-0.05, 0) is 5.56 Å². The monoisotopic (exact) mass is 187 g/mol. The topological polar surface area (TPSA) is 46.5 Å². The first-order valence-electron chi connectivity index (χ1n) is 4.43. The van der Waals surface area contributed by atoms with Crippen LogP contribution < -0.4 is 0 Å². The van der Waals surface area contributed by atoms with Gasteiger partial charge in [-0.15, -0.1) is 0 Å². The molecule has 14 heavy (non-hydrogen) atoms. The lowest BCUT2D eigenvalue weighted by Crippen LogP contribution is -2.39. The summed E-state index contributed by atoms with van der Waals surface area (Å²) in [7, 11) is 0. The molecule has 3 nitrogen and oxygen atoms in total. The number of benzene rings is 1. The number of hydrogen-bond acceptors (Lipinski definition) is 3. The van der Waals surface area contributed by atoms with Crippen LogP contribution in [0.5, 0.6) is 0 Å². The predicted molar refractivity (Wildman–Crippen MR) is 50.5 cm³/mol. The molecule has 1 aliphatic rings. The third kappa shape index (κ3) is 1.28. The molecule has 3 heteroatoms. The lowest BCUT2D eigenvalue weighted by Gasteiger charge is -2.35. The Morgan fingerprint density at radius 2 is 1.86 bits per heavy atom. The van der Waals surface area contributed by atoms with Gasteiger partial charge >= 0.3 is 0 Å². The zero-order valence-corrected chi connectivity index (χ0v) is 7.56. The molecule has 1 aromatic carbocycles. The van der Waals surface area contributed by atoms with E-state index in [0.717, 1.165) is 5.56 Å². The van der Waals surface area contributed by atoms with Crippen molar-refractivity contribution in [1.82, 2.24) is 0 Å². The molecule has 0 saturated heterocycles. The van der Waals surface area contributed by atoms with E-state index in [0.29, 0.717) is 12.8 Å². The first kappa shape index (κ1) is 8.85. The highest BCUT2D eigenvalue weighted by atomic mass is 16.1. The number of aliphatic imine (C=N–C) groups is 1. The maximum absolute atomic E-state index is 11.0. The minimum Gasteiger partial charge on any atom is -0.299 e. The Labute approximate surface area is 81.5 Å². The van der Waals surface area contributed by atoms with Crippen LogP contribution >= 0.6 is 0 Å². The van der Waals surface area contributed by atoms with Gasteiger partial charge in [-0.1, -0.05) is 30.3 Å². The van der Waals surface area contributed by atoms with E-state index in [1.807, 2.05) is 30.3 Å². The van der Waals surface area contributed by atoms with Crippen LogP contribution in [0, 0.1) is 0 Å². The van der Waals surface area contributed by atoms with Crippen LogP contribution in [0.1, 0.15) is 18.4 Å². The Hall–Kier alpha value is -1.73. The van der Waals surface area contributed by atoms with Gasteiger partial charge in [0.2, 0.25) is 6.08 Å². The Kier molecular flexibility index (Phi) is 2.02. The van der Waals surface area contributed by atoms with E-state index < -0.39 is 5.54 Å². The van der Waals surface area contributed by atoms with Crippen LogP contribution in [0.15, 0.2) is 35.3 Å². The molecule has 0 atom stereocenters. The fourth-order valence-electron chi connectivity index (χ4n) is 1.78. The zero-order chi connectivity index (χ0) is 10.0. The molecule has 0 radical (unpaired) electrons. The average molecular weight is 187 g/mol. The largest absolute Gasteiger partial charge is 0.299 e. The molecule has 0 aromatic heterocycles. The van der Waals surface area contributed by atoms with Crippen molar-refractivity contribution in [2.75, 3.05) is 0 Å². The van der Waals surface area contributed by atoms with Gasteiger partial charge in [0, 0.05) is 12.8 Å². The summed E-state index contributed by atoms with van der Waals surface area (Å²) in [6.45, 7) is 0. The predicted octanol–water partition coefficient (Wildman–Crippen LogP) is 1.58. The number of carbonyl (C=O) groups excluding carboxylic acids is 2. The maximum atomic E-state index is 11.0. The minimum atomic E-state index is -0.611. The second-order valence-electron chi connectivity index (χ2n) is 3.49. The van der Waals surface area contributed by atoms with Gasteiger partial charge in [0.15, 0.2) is 0 Å². The minimum absolute atomic E-state index is 0.146. The molecule has 0 N–H and O–H groups in total. The molecule has 1 aromatic rings. The summed E-state index contributed by atoms with van der Waals surface area (Å²) in [4.78, 5) is 25.0. The van der Waals surface area contributed by atoms with Crippen LogP contribution in [-0.4, -0.2) is 11.9 Å². The Morgan fingerprint density at radius 3 is 2.36 bits per heavy atom. The summed E-state index contributed by atoms with van der Waals surface area (Å²) in [5, 5.41) is 0. The Bertz CT molecular complexity index is 397. The molecular weight excluding hydrogens is 178 g/mol. The number of rotatable bonds is 2. The van der Waals surface area contributed by atoms with Gasteiger partial charge in [0.25, 0.3) is 0 Å². The van der Waals surface area contributed by atoms with Crippen molar-refractivity contribution in [3.05, 3.63) is 35.9 Å². The van der Waals surface area contributed by atoms with E-state index in [1.54, 1.807) is 6.08 Å². The molecule has 0 amide bonds. The Morgan fingerprint density at radius 1 is 1.21 bits per heavy atom. The zero-order valence-electron chi connectivity index (χ0n) is 7.56. The van der Waals surface area contributed by atoms with Crippen LogP contribution in [-0.2, 0) is 15.1 Å². The van der Waals surface area contributed by atoms with Crippen LogP contribution in [0.25, 0.3) is 0 Å². The summed E-state index contributed by atoms with van der Waals surface area (Å²) < 4.78 is 0. The van der Waals surface area contributed by atoms with Crippen molar-refractivity contribution in [3.63, 3.8) is 0 Å².